The van der Waals surface area contributed by atoms with Gasteiger partial charge < -0.3 is 14.4 Å². The Labute approximate surface area is 155 Å². The van der Waals surface area contributed by atoms with Crippen LogP contribution in [0.3, 0.4) is 0 Å². The Bertz CT molecular complexity index is 721. The molecule has 25 heavy (non-hydrogen) atoms. The Morgan fingerprint density at radius 1 is 1.24 bits per heavy atom. The van der Waals surface area contributed by atoms with Gasteiger partial charge in [0.25, 0.3) is 5.91 Å². The van der Waals surface area contributed by atoms with Crippen molar-refractivity contribution in [3.8, 4) is 0 Å². The standard InChI is InChI=1S/C16H21N5O2S2/c1-12(2)21-11-17-18-16(21)25-10-14(22)19-5-7-20(8-6-19)15(23)13-4-3-9-24-13/h3-4,9,11-12H,5-8,10H2,1-2H3. The number of amides is 2. The van der Waals surface area contributed by atoms with Crippen molar-refractivity contribution in [2.45, 2.75) is 25.0 Å². The van der Waals surface area contributed by atoms with E-state index in [0.717, 1.165) is 10.0 Å². The zero-order valence-corrected chi connectivity index (χ0v) is 15.9. The van der Waals surface area contributed by atoms with Gasteiger partial charge in [-0.2, -0.15) is 0 Å². The molecule has 0 aromatic carbocycles. The second kappa shape index (κ2) is 8.01. The lowest BCUT2D eigenvalue weighted by molar-refractivity contribution is -0.129. The molecule has 0 bridgehead atoms. The normalized spacial score (nSPS) is 15.0. The molecule has 1 fully saturated rings. The second-order valence-electron chi connectivity index (χ2n) is 6.05. The van der Waals surface area contributed by atoms with Crippen LogP contribution < -0.4 is 0 Å². The number of nitrogens with zero attached hydrogens (tertiary/aromatic N) is 5. The highest BCUT2D eigenvalue weighted by Gasteiger charge is 2.25. The number of hydrogen-bond donors (Lipinski definition) is 0. The maximum Gasteiger partial charge on any atom is 0.264 e. The van der Waals surface area contributed by atoms with Gasteiger partial charge in [0.05, 0.1) is 10.6 Å². The predicted octanol–water partition coefficient (Wildman–Crippen LogP) is 2.00. The third kappa shape index (κ3) is 4.21. The highest BCUT2D eigenvalue weighted by Crippen LogP contribution is 2.20. The summed E-state index contributed by atoms with van der Waals surface area (Å²) in [6.45, 7) is 6.42. The largest absolute Gasteiger partial charge is 0.338 e. The van der Waals surface area contributed by atoms with Gasteiger partial charge >= 0.3 is 0 Å². The Morgan fingerprint density at radius 3 is 2.60 bits per heavy atom. The van der Waals surface area contributed by atoms with Gasteiger partial charge in [0.1, 0.15) is 6.33 Å². The number of piperazine rings is 1. The Hall–Kier alpha value is -1.87. The molecule has 134 valence electrons. The number of carbonyl (C=O) groups excluding carboxylic acids is 2. The number of rotatable bonds is 5. The van der Waals surface area contributed by atoms with E-state index in [-0.39, 0.29) is 17.9 Å². The highest BCUT2D eigenvalue weighted by molar-refractivity contribution is 7.99. The van der Waals surface area contributed by atoms with Crippen LogP contribution in [0, 0.1) is 0 Å². The average Bonchev–Trinajstić information content (AvgIpc) is 3.30. The van der Waals surface area contributed by atoms with Gasteiger partial charge in [-0.25, -0.2) is 0 Å². The molecule has 2 aromatic heterocycles. The molecule has 1 aliphatic heterocycles. The van der Waals surface area contributed by atoms with Gasteiger partial charge in [0.15, 0.2) is 5.16 Å². The maximum atomic E-state index is 12.4. The van der Waals surface area contributed by atoms with Crippen molar-refractivity contribution in [1.82, 2.24) is 24.6 Å². The predicted molar refractivity (Wildman–Crippen MR) is 97.9 cm³/mol. The summed E-state index contributed by atoms with van der Waals surface area (Å²) < 4.78 is 1.95. The third-order valence-electron chi connectivity index (χ3n) is 4.07. The number of hydrogen-bond acceptors (Lipinski definition) is 6. The van der Waals surface area contributed by atoms with Crippen molar-refractivity contribution in [3.63, 3.8) is 0 Å². The fourth-order valence-corrected chi connectivity index (χ4v) is 4.26. The summed E-state index contributed by atoms with van der Waals surface area (Å²) in [7, 11) is 0. The van der Waals surface area contributed by atoms with Gasteiger partial charge in [-0.1, -0.05) is 17.8 Å². The first-order chi connectivity index (χ1) is 12.1. The Balaban J connectivity index is 1.48. The van der Waals surface area contributed by atoms with Gasteiger partial charge in [0, 0.05) is 32.2 Å². The minimum atomic E-state index is 0.0570. The molecule has 2 aromatic rings. The Kier molecular flexibility index (Phi) is 5.74. The zero-order chi connectivity index (χ0) is 17.8. The van der Waals surface area contributed by atoms with E-state index in [1.165, 1.54) is 23.1 Å². The molecular weight excluding hydrogens is 358 g/mol. The van der Waals surface area contributed by atoms with Crippen LogP contribution in [0.15, 0.2) is 29.0 Å². The van der Waals surface area contributed by atoms with E-state index in [1.807, 2.05) is 31.9 Å². The summed E-state index contributed by atoms with van der Waals surface area (Å²) in [5.74, 6) is 0.470. The molecule has 2 amide bonds. The summed E-state index contributed by atoms with van der Waals surface area (Å²) in [4.78, 5) is 29.1. The minimum absolute atomic E-state index is 0.0570. The van der Waals surface area contributed by atoms with Crippen LogP contribution in [0.1, 0.15) is 29.6 Å². The van der Waals surface area contributed by atoms with Crippen molar-refractivity contribution in [1.29, 1.82) is 0 Å². The van der Waals surface area contributed by atoms with Crippen LogP contribution in [-0.4, -0.2) is 68.3 Å². The van der Waals surface area contributed by atoms with Crippen molar-refractivity contribution in [2.75, 3.05) is 31.9 Å². The summed E-state index contributed by atoms with van der Waals surface area (Å²) in [5.41, 5.74) is 0. The van der Waals surface area contributed by atoms with Gasteiger partial charge in [-0.05, 0) is 25.3 Å². The van der Waals surface area contributed by atoms with Crippen molar-refractivity contribution in [3.05, 3.63) is 28.7 Å². The zero-order valence-electron chi connectivity index (χ0n) is 14.3. The molecule has 3 rings (SSSR count). The molecule has 0 spiro atoms. The van der Waals surface area contributed by atoms with E-state index in [9.17, 15) is 9.59 Å². The lowest BCUT2D eigenvalue weighted by atomic mass is 10.3. The van der Waals surface area contributed by atoms with E-state index < -0.39 is 0 Å². The fraction of sp³-hybridized carbons (Fsp3) is 0.500. The molecular formula is C16H21N5O2S2. The lowest BCUT2D eigenvalue weighted by Crippen LogP contribution is -2.51. The van der Waals surface area contributed by atoms with E-state index in [1.54, 1.807) is 6.33 Å². The number of thioether (sulfide) groups is 1. The molecule has 0 radical (unpaired) electrons. The van der Waals surface area contributed by atoms with E-state index in [2.05, 4.69) is 24.0 Å². The van der Waals surface area contributed by atoms with Gasteiger partial charge in [0.2, 0.25) is 5.91 Å². The average molecular weight is 380 g/mol. The second-order valence-corrected chi connectivity index (χ2v) is 7.94. The number of thiophene rings is 1. The number of carbonyl (C=O) groups is 2. The van der Waals surface area contributed by atoms with Crippen LogP contribution in [0.5, 0.6) is 0 Å². The van der Waals surface area contributed by atoms with E-state index >= 15 is 0 Å². The van der Waals surface area contributed by atoms with Crippen LogP contribution in [0.25, 0.3) is 0 Å². The highest BCUT2D eigenvalue weighted by atomic mass is 32.2. The fourth-order valence-electron chi connectivity index (χ4n) is 2.62. The molecule has 1 aliphatic rings. The molecule has 0 N–H and O–H groups in total. The lowest BCUT2D eigenvalue weighted by Gasteiger charge is -2.34. The van der Waals surface area contributed by atoms with Gasteiger partial charge in [-0.3, -0.25) is 9.59 Å². The van der Waals surface area contributed by atoms with Crippen molar-refractivity contribution < 1.29 is 9.59 Å². The van der Waals surface area contributed by atoms with E-state index in [4.69, 9.17) is 0 Å². The molecule has 1 saturated heterocycles. The van der Waals surface area contributed by atoms with Crippen molar-refractivity contribution in [2.24, 2.45) is 0 Å². The SMILES string of the molecule is CC(C)n1cnnc1SCC(=O)N1CCN(C(=O)c2cccs2)CC1. The summed E-state index contributed by atoms with van der Waals surface area (Å²) in [6.07, 6.45) is 1.69. The first-order valence-corrected chi connectivity index (χ1v) is 10.1. The molecule has 9 heteroatoms. The first kappa shape index (κ1) is 17.9. The minimum Gasteiger partial charge on any atom is -0.338 e. The first-order valence-electron chi connectivity index (χ1n) is 8.19. The summed E-state index contributed by atoms with van der Waals surface area (Å²) in [5, 5.41) is 10.6. The van der Waals surface area contributed by atoms with Crippen LogP contribution >= 0.6 is 23.1 Å². The Morgan fingerprint density at radius 2 is 1.96 bits per heavy atom. The smallest absolute Gasteiger partial charge is 0.264 e. The molecule has 0 unspecified atom stereocenters. The topological polar surface area (TPSA) is 71.3 Å². The van der Waals surface area contributed by atoms with E-state index in [0.29, 0.717) is 31.9 Å². The molecule has 3 heterocycles. The molecule has 0 aliphatic carbocycles. The monoisotopic (exact) mass is 379 g/mol. The van der Waals surface area contributed by atoms with Crippen LogP contribution in [0.4, 0.5) is 0 Å². The molecule has 0 atom stereocenters. The summed E-state index contributed by atoms with van der Waals surface area (Å²) in [6, 6.07) is 3.98. The molecule has 0 saturated carbocycles. The summed E-state index contributed by atoms with van der Waals surface area (Å²) >= 11 is 2.86. The quantitative estimate of drug-likeness (QED) is 0.743. The van der Waals surface area contributed by atoms with Crippen molar-refractivity contribution >= 4 is 34.9 Å². The third-order valence-corrected chi connectivity index (χ3v) is 5.87. The van der Waals surface area contributed by atoms with Crippen LogP contribution in [-0.2, 0) is 4.79 Å². The van der Waals surface area contributed by atoms with Gasteiger partial charge in [-0.15, -0.1) is 21.5 Å². The number of aromatic nitrogens is 3. The van der Waals surface area contributed by atoms with Crippen LogP contribution in [0.2, 0.25) is 0 Å². The molecule has 7 nitrogen and oxygen atoms in total. The maximum absolute atomic E-state index is 12.4.